The third kappa shape index (κ3) is 5.47. The fourth-order valence-corrected chi connectivity index (χ4v) is 4.18. The molecule has 174 valence electrons. The molecule has 0 atom stereocenters. The molecule has 0 fully saturated rings. The number of nitrogens with zero attached hydrogens (tertiary/aromatic N) is 1. The molecule has 0 radical (unpaired) electrons. The topological polar surface area (TPSA) is 81.7 Å². The minimum absolute atomic E-state index is 0.0396. The van der Waals surface area contributed by atoms with Crippen LogP contribution in [0, 0.1) is 0 Å². The number of fused-ring (bicyclic) bond motifs is 1. The molecule has 0 unspecified atom stereocenters. The fraction of sp³-hybridized carbons (Fsp3) is 0.185. The predicted molar refractivity (Wildman–Crippen MR) is 137 cm³/mol. The van der Waals surface area contributed by atoms with Crippen molar-refractivity contribution in [3.05, 3.63) is 94.0 Å². The lowest BCUT2D eigenvalue weighted by atomic mass is 9.97. The Hall–Kier alpha value is -3.61. The predicted octanol–water partition coefficient (Wildman–Crippen LogP) is 5.35. The Labute approximate surface area is 203 Å². The molecule has 34 heavy (non-hydrogen) atoms. The number of aliphatic carboxylic acids is 1. The second kappa shape index (κ2) is 10.1. The summed E-state index contributed by atoms with van der Waals surface area (Å²) in [5.74, 6) is -1.07. The number of aryl methyl sites for hydroxylation is 1. The molecule has 1 aliphatic rings. The first-order valence-electron chi connectivity index (χ1n) is 11.0. The highest BCUT2D eigenvalue weighted by Crippen LogP contribution is 2.39. The minimum atomic E-state index is -0.846. The molecular weight excluding hydrogens is 450 g/mol. The molecule has 0 saturated heterocycles. The van der Waals surface area contributed by atoms with E-state index >= 15 is 0 Å². The highest BCUT2D eigenvalue weighted by Gasteiger charge is 2.28. The molecule has 3 aromatic carbocycles. The van der Waals surface area contributed by atoms with Crippen molar-refractivity contribution in [3.63, 3.8) is 0 Å². The number of hydrogen-bond donors (Lipinski definition) is 3. The summed E-state index contributed by atoms with van der Waals surface area (Å²) in [5, 5.41) is 16.0. The van der Waals surface area contributed by atoms with E-state index in [0.29, 0.717) is 28.4 Å². The molecule has 1 heterocycles. The Morgan fingerprint density at radius 3 is 2.50 bits per heavy atom. The summed E-state index contributed by atoms with van der Waals surface area (Å²) in [5.41, 5.74) is 6.29. The van der Waals surface area contributed by atoms with Crippen LogP contribution in [0.1, 0.15) is 28.7 Å². The first-order chi connectivity index (χ1) is 16.3. The molecule has 0 spiro atoms. The Morgan fingerprint density at radius 1 is 1.03 bits per heavy atom. The van der Waals surface area contributed by atoms with Gasteiger partial charge >= 0.3 is 5.97 Å². The number of rotatable bonds is 8. The van der Waals surface area contributed by atoms with Crippen molar-refractivity contribution in [3.8, 4) is 0 Å². The first kappa shape index (κ1) is 23.5. The van der Waals surface area contributed by atoms with Crippen LogP contribution in [0.15, 0.2) is 66.7 Å². The van der Waals surface area contributed by atoms with Gasteiger partial charge in [0.2, 0.25) is 0 Å². The van der Waals surface area contributed by atoms with Gasteiger partial charge in [-0.1, -0.05) is 48.0 Å². The highest BCUT2D eigenvalue weighted by molar-refractivity contribution is 6.38. The van der Waals surface area contributed by atoms with Gasteiger partial charge in [0.1, 0.15) is 0 Å². The average Bonchev–Trinajstić information content (AvgIpc) is 3.11. The van der Waals surface area contributed by atoms with Gasteiger partial charge in [0.05, 0.1) is 17.0 Å². The van der Waals surface area contributed by atoms with Crippen LogP contribution < -0.4 is 10.6 Å². The molecule has 0 aromatic heterocycles. The molecule has 0 saturated carbocycles. The standard InChI is InChI=1S/C27H26ClN3O3/c1-31(2)16-18-6-10-21(11-7-18)29-26(19-5-3-4-17(14-19)8-13-24(32)33)25-22-12-9-20(28)15-23(22)30-27(25)34/h3-7,9-12,14-15,29H,8,13,16H2,1-2H3,(H,30,34)(H,32,33). The number of carboxylic acid groups (broad SMARTS) is 1. The van der Waals surface area contributed by atoms with Gasteiger partial charge < -0.3 is 20.6 Å². The summed E-state index contributed by atoms with van der Waals surface area (Å²) >= 11 is 6.14. The Morgan fingerprint density at radius 2 is 1.79 bits per heavy atom. The van der Waals surface area contributed by atoms with E-state index in [2.05, 4.69) is 27.7 Å². The third-order valence-electron chi connectivity index (χ3n) is 5.54. The summed E-state index contributed by atoms with van der Waals surface area (Å²) in [6.07, 6.45) is 0.446. The van der Waals surface area contributed by atoms with E-state index in [9.17, 15) is 9.59 Å². The van der Waals surface area contributed by atoms with Crippen molar-refractivity contribution < 1.29 is 14.7 Å². The van der Waals surface area contributed by atoms with Crippen molar-refractivity contribution in [1.29, 1.82) is 0 Å². The maximum absolute atomic E-state index is 13.1. The van der Waals surface area contributed by atoms with Crippen molar-refractivity contribution in [2.75, 3.05) is 24.7 Å². The van der Waals surface area contributed by atoms with Gasteiger partial charge in [-0.15, -0.1) is 0 Å². The molecule has 1 amide bonds. The number of hydrogen-bond acceptors (Lipinski definition) is 4. The van der Waals surface area contributed by atoms with Crippen LogP contribution in [-0.2, 0) is 22.6 Å². The number of carbonyl (C=O) groups excluding carboxylic acids is 1. The zero-order chi connectivity index (χ0) is 24.2. The lowest BCUT2D eigenvalue weighted by Crippen LogP contribution is -2.11. The van der Waals surface area contributed by atoms with E-state index in [1.807, 2.05) is 56.6 Å². The Bertz CT molecular complexity index is 1270. The highest BCUT2D eigenvalue weighted by atomic mass is 35.5. The number of benzene rings is 3. The summed E-state index contributed by atoms with van der Waals surface area (Å²) < 4.78 is 0. The van der Waals surface area contributed by atoms with Crippen LogP contribution >= 0.6 is 11.6 Å². The monoisotopic (exact) mass is 475 g/mol. The number of amides is 1. The maximum atomic E-state index is 13.1. The number of nitrogens with one attached hydrogen (secondary N) is 2. The Kier molecular flexibility index (Phi) is 7.01. The van der Waals surface area contributed by atoms with Crippen molar-refractivity contribution in [1.82, 2.24) is 4.90 Å². The summed E-state index contributed by atoms with van der Waals surface area (Å²) in [6, 6.07) is 21.0. The molecule has 3 N–H and O–H groups in total. The lowest BCUT2D eigenvalue weighted by Gasteiger charge is -2.16. The molecule has 7 heteroatoms. The van der Waals surface area contributed by atoms with Gasteiger partial charge in [0.25, 0.3) is 5.91 Å². The number of carbonyl (C=O) groups is 2. The van der Waals surface area contributed by atoms with Crippen LogP contribution in [0.25, 0.3) is 11.3 Å². The number of carboxylic acids is 1. The smallest absolute Gasteiger partial charge is 0.303 e. The van der Waals surface area contributed by atoms with Crippen LogP contribution in [-0.4, -0.2) is 36.0 Å². The molecule has 3 aromatic rings. The Balaban J connectivity index is 1.78. The number of anilines is 2. The normalized spacial score (nSPS) is 14.1. The molecule has 0 aliphatic carbocycles. The van der Waals surface area contributed by atoms with Crippen LogP contribution in [0.4, 0.5) is 11.4 Å². The van der Waals surface area contributed by atoms with Gasteiger partial charge in [0, 0.05) is 29.2 Å². The zero-order valence-electron chi connectivity index (χ0n) is 19.1. The largest absolute Gasteiger partial charge is 0.481 e. The van der Waals surface area contributed by atoms with Crippen LogP contribution in [0.5, 0.6) is 0 Å². The van der Waals surface area contributed by atoms with Gasteiger partial charge in [-0.05, 0) is 67.5 Å². The third-order valence-corrected chi connectivity index (χ3v) is 5.78. The van der Waals surface area contributed by atoms with E-state index in [1.165, 1.54) is 5.56 Å². The summed E-state index contributed by atoms with van der Waals surface area (Å²) in [7, 11) is 4.04. The average molecular weight is 476 g/mol. The van der Waals surface area contributed by atoms with E-state index in [0.717, 1.165) is 28.9 Å². The zero-order valence-corrected chi connectivity index (χ0v) is 19.8. The molecule has 0 bridgehead atoms. The molecule has 1 aliphatic heterocycles. The van der Waals surface area contributed by atoms with Crippen LogP contribution in [0.2, 0.25) is 5.02 Å². The summed E-state index contributed by atoms with van der Waals surface area (Å²) in [4.78, 5) is 26.2. The van der Waals surface area contributed by atoms with Gasteiger partial charge in [-0.3, -0.25) is 9.59 Å². The second-order valence-corrected chi connectivity index (χ2v) is 8.98. The second-order valence-electron chi connectivity index (χ2n) is 8.55. The summed E-state index contributed by atoms with van der Waals surface area (Å²) in [6.45, 7) is 0.830. The fourth-order valence-electron chi connectivity index (χ4n) is 4.01. The van der Waals surface area contributed by atoms with Gasteiger partial charge in [-0.25, -0.2) is 0 Å². The SMILES string of the molecule is CN(C)Cc1ccc(NC(=C2C(=O)Nc3cc(Cl)ccc32)c2cccc(CCC(=O)O)c2)cc1. The minimum Gasteiger partial charge on any atom is -0.481 e. The lowest BCUT2D eigenvalue weighted by molar-refractivity contribution is -0.137. The van der Waals surface area contributed by atoms with E-state index in [-0.39, 0.29) is 12.3 Å². The maximum Gasteiger partial charge on any atom is 0.303 e. The van der Waals surface area contributed by atoms with Crippen molar-refractivity contribution in [2.24, 2.45) is 0 Å². The van der Waals surface area contributed by atoms with Crippen molar-refractivity contribution in [2.45, 2.75) is 19.4 Å². The van der Waals surface area contributed by atoms with E-state index < -0.39 is 5.97 Å². The molecule has 6 nitrogen and oxygen atoms in total. The molecular formula is C27H26ClN3O3. The van der Waals surface area contributed by atoms with Gasteiger partial charge in [0.15, 0.2) is 0 Å². The van der Waals surface area contributed by atoms with Crippen LogP contribution in [0.3, 0.4) is 0 Å². The van der Waals surface area contributed by atoms with E-state index in [4.69, 9.17) is 16.7 Å². The molecule has 4 rings (SSSR count). The van der Waals surface area contributed by atoms with Gasteiger partial charge in [-0.2, -0.15) is 0 Å². The number of halogens is 1. The quantitative estimate of drug-likeness (QED) is 0.382. The van der Waals surface area contributed by atoms with Crippen molar-refractivity contribution >= 4 is 46.1 Å². The van der Waals surface area contributed by atoms with E-state index in [1.54, 1.807) is 12.1 Å². The first-order valence-corrected chi connectivity index (χ1v) is 11.4.